The number of ether oxygens (including phenoxy) is 1. The molecule has 2 atom stereocenters. The molecule has 1 aliphatic rings. The van der Waals surface area contributed by atoms with E-state index in [1.54, 1.807) is 6.92 Å². The third-order valence-electron chi connectivity index (χ3n) is 4.36. The molecule has 19 heavy (non-hydrogen) atoms. The first kappa shape index (κ1) is 14.4. The number of nitrogens with one attached hydrogen (secondary N) is 1. The number of rotatable bonds is 6. The molecule has 1 saturated carbocycles. The molecule has 0 spiro atoms. The average molecular weight is 269 g/mol. The Hall–Kier alpha value is -0.980. The summed E-state index contributed by atoms with van der Waals surface area (Å²) in [6.45, 7) is 9.23. The van der Waals surface area contributed by atoms with Crippen LogP contribution in [0.3, 0.4) is 0 Å². The van der Waals surface area contributed by atoms with E-state index in [2.05, 4.69) is 29.3 Å². The summed E-state index contributed by atoms with van der Waals surface area (Å²) >= 11 is 0. The highest BCUT2D eigenvalue weighted by Crippen LogP contribution is 2.51. The topological polar surface area (TPSA) is 80.4 Å². The van der Waals surface area contributed by atoms with E-state index in [9.17, 15) is 5.11 Å². The van der Waals surface area contributed by atoms with Crippen LogP contribution in [0.1, 0.15) is 38.9 Å². The normalized spacial score (nSPS) is 29.2. The molecule has 6 heteroatoms. The van der Waals surface area contributed by atoms with Crippen molar-refractivity contribution in [1.29, 1.82) is 0 Å². The van der Waals surface area contributed by atoms with Crippen molar-refractivity contribution < 1.29 is 14.4 Å². The first-order valence-electron chi connectivity index (χ1n) is 6.72. The maximum atomic E-state index is 9.76. The van der Waals surface area contributed by atoms with Gasteiger partial charge in [0.05, 0.1) is 24.8 Å². The van der Waals surface area contributed by atoms with Crippen molar-refractivity contribution in [2.75, 3.05) is 13.2 Å². The van der Waals surface area contributed by atoms with Crippen molar-refractivity contribution >= 4 is 0 Å². The molecule has 0 unspecified atom stereocenters. The largest absolute Gasteiger partial charge is 0.394 e. The van der Waals surface area contributed by atoms with Gasteiger partial charge in [-0.05, 0) is 13.3 Å². The van der Waals surface area contributed by atoms with Crippen LogP contribution in [0.2, 0.25) is 0 Å². The lowest BCUT2D eigenvalue weighted by molar-refractivity contribution is -0.178. The molecule has 0 aromatic carbocycles. The standard InChI is InChI=1S/C13H23N3O3/c1-5-18-10-6-13(8-17,12(10,3)4)14-7-11-15-9(2)19-16-11/h10,14,17H,5-8H2,1-4H3/t10-,13-/m0/s1. The molecule has 0 amide bonds. The van der Waals surface area contributed by atoms with E-state index in [1.165, 1.54) is 0 Å². The zero-order valence-corrected chi connectivity index (χ0v) is 12.1. The van der Waals surface area contributed by atoms with Crippen LogP contribution in [0.25, 0.3) is 0 Å². The van der Waals surface area contributed by atoms with Crippen LogP contribution in [-0.2, 0) is 11.3 Å². The fourth-order valence-electron chi connectivity index (χ4n) is 2.77. The Kier molecular flexibility index (Phi) is 3.94. The third kappa shape index (κ3) is 2.40. The van der Waals surface area contributed by atoms with Crippen LogP contribution in [-0.4, -0.2) is 40.1 Å². The Morgan fingerprint density at radius 2 is 2.26 bits per heavy atom. The molecule has 1 aromatic rings. The average Bonchev–Trinajstić information content (AvgIpc) is 2.79. The molecule has 1 fully saturated rings. The van der Waals surface area contributed by atoms with Gasteiger partial charge in [-0.1, -0.05) is 19.0 Å². The zero-order valence-electron chi connectivity index (χ0n) is 12.1. The number of hydrogen-bond donors (Lipinski definition) is 2. The van der Waals surface area contributed by atoms with E-state index in [0.717, 1.165) is 6.42 Å². The molecule has 2 rings (SSSR count). The van der Waals surface area contributed by atoms with Gasteiger partial charge in [0.2, 0.25) is 5.89 Å². The number of nitrogens with zero attached hydrogens (tertiary/aromatic N) is 2. The molecule has 1 aromatic heterocycles. The lowest BCUT2D eigenvalue weighted by Gasteiger charge is -2.60. The van der Waals surface area contributed by atoms with Crippen LogP contribution in [0.5, 0.6) is 0 Å². The molecule has 1 heterocycles. The minimum absolute atomic E-state index is 0.0698. The molecule has 0 bridgehead atoms. The van der Waals surface area contributed by atoms with Crippen molar-refractivity contribution in [3.63, 3.8) is 0 Å². The second-order valence-electron chi connectivity index (χ2n) is 5.69. The fourth-order valence-corrected chi connectivity index (χ4v) is 2.77. The van der Waals surface area contributed by atoms with Gasteiger partial charge in [-0.15, -0.1) is 0 Å². The second kappa shape index (κ2) is 5.19. The Balaban J connectivity index is 2.00. The highest BCUT2D eigenvalue weighted by molar-refractivity contribution is 5.15. The van der Waals surface area contributed by atoms with E-state index < -0.39 is 0 Å². The van der Waals surface area contributed by atoms with Gasteiger partial charge in [0.25, 0.3) is 0 Å². The number of hydrogen-bond acceptors (Lipinski definition) is 6. The van der Waals surface area contributed by atoms with Crippen molar-refractivity contribution in [3.05, 3.63) is 11.7 Å². The highest BCUT2D eigenvalue weighted by Gasteiger charge is 2.60. The number of aromatic nitrogens is 2. The van der Waals surface area contributed by atoms with Crippen LogP contribution in [0.15, 0.2) is 4.52 Å². The minimum atomic E-state index is -0.346. The first-order valence-corrected chi connectivity index (χ1v) is 6.72. The Labute approximate surface area is 113 Å². The highest BCUT2D eigenvalue weighted by atomic mass is 16.5. The van der Waals surface area contributed by atoms with Crippen molar-refractivity contribution in [2.45, 2.75) is 52.3 Å². The lowest BCUT2D eigenvalue weighted by atomic mass is 9.54. The van der Waals surface area contributed by atoms with E-state index in [1.807, 2.05) is 6.92 Å². The molecule has 6 nitrogen and oxygen atoms in total. The van der Waals surface area contributed by atoms with Crippen LogP contribution >= 0.6 is 0 Å². The van der Waals surface area contributed by atoms with Crippen molar-refractivity contribution in [2.24, 2.45) is 5.41 Å². The van der Waals surface area contributed by atoms with Gasteiger partial charge in [0.1, 0.15) is 0 Å². The summed E-state index contributed by atoms with van der Waals surface area (Å²) in [7, 11) is 0. The van der Waals surface area contributed by atoms with Gasteiger partial charge in [0, 0.05) is 18.9 Å². The summed E-state index contributed by atoms with van der Waals surface area (Å²) in [6, 6.07) is 0. The quantitative estimate of drug-likeness (QED) is 0.803. The summed E-state index contributed by atoms with van der Waals surface area (Å²) in [5, 5.41) is 17.0. The van der Waals surface area contributed by atoms with Gasteiger partial charge in [-0.3, -0.25) is 0 Å². The van der Waals surface area contributed by atoms with Gasteiger partial charge < -0.3 is 19.7 Å². The monoisotopic (exact) mass is 269 g/mol. The Morgan fingerprint density at radius 3 is 2.74 bits per heavy atom. The summed E-state index contributed by atoms with van der Waals surface area (Å²) in [5.41, 5.74) is -0.474. The molecule has 1 aliphatic carbocycles. The predicted molar refractivity (Wildman–Crippen MR) is 69.5 cm³/mol. The third-order valence-corrected chi connectivity index (χ3v) is 4.36. The Bertz CT molecular complexity index is 433. The molecule has 0 radical (unpaired) electrons. The van der Waals surface area contributed by atoms with Gasteiger partial charge >= 0.3 is 0 Å². The minimum Gasteiger partial charge on any atom is -0.394 e. The fraction of sp³-hybridized carbons (Fsp3) is 0.846. The molecule has 0 saturated heterocycles. The predicted octanol–water partition coefficient (Wildman–Crippen LogP) is 1.03. The second-order valence-corrected chi connectivity index (χ2v) is 5.69. The molecule has 2 N–H and O–H groups in total. The van der Waals surface area contributed by atoms with Crippen LogP contribution < -0.4 is 5.32 Å². The van der Waals surface area contributed by atoms with E-state index in [-0.39, 0.29) is 23.7 Å². The maximum absolute atomic E-state index is 9.76. The van der Waals surface area contributed by atoms with E-state index in [4.69, 9.17) is 9.26 Å². The number of aliphatic hydroxyl groups is 1. The maximum Gasteiger partial charge on any atom is 0.223 e. The van der Waals surface area contributed by atoms with Crippen molar-refractivity contribution in [1.82, 2.24) is 15.5 Å². The van der Waals surface area contributed by atoms with E-state index >= 15 is 0 Å². The zero-order chi connectivity index (χ0) is 14.1. The summed E-state index contributed by atoms with van der Waals surface area (Å²) in [5.74, 6) is 1.16. The summed E-state index contributed by atoms with van der Waals surface area (Å²) in [6.07, 6.45) is 0.963. The van der Waals surface area contributed by atoms with Gasteiger partial charge in [-0.25, -0.2) is 0 Å². The summed E-state index contributed by atoms with van der Waals surface area (Å²) < 4.78 is 10.6. The molecule has 108 valence electrons. The van der Waals surface area contributed by atoms with Crippen molar-refractivity contribution in [3.8, 4) is 0 Å². The van der Waals surface area contributed by atoms with Gasteiger partial charge in [0.15, 0.2) is 5.82 Å². The Morgan fingerprint density at radius 1 is 1.53 bits per heavy atom. The SMILES string of the molecule is CCO[C@H]1C[C@@](CO)(NCc2noc(C)n2)C1(C)C. The summed E-state index contributed by atoms with van der Waals surface area (Å²) in [4.78, 5) is 4.16. The van der Waals surface area contributed by atoms with E-state index in [0.29, 0.717) is 24.9 Å². The number of aryl methyl sites for hydroxylation is 1. The first-order chi connectivity index (χ1) is 8.95. The molecular weight excluding hydrogens is 246 g/mol. The van der Waals surface area contributed by atoms with Gasteiger partial charge in [-0.2, -0.15) is 4.98 Å². The lowest BCUT2D eigenvalue weighted by Crippen LogP contribution is -2.73. The smallest absolute Gasteiger partial charge is 0.223 e. The molecular formula is C13H23N3O3. The van der Waals surface area contributed by atoms with Crippen LogP contribution in [0, 0.1) is 12.3 Å². The number of aliphatic hydroxyl groups excluding tert-OH is 1. The molecule has 0 aliphatic heterocycles. The van der Waals surface area contributed by atoms with Crippen LogP contribution in [0.4, 0.5) is 0 Å².